The molecule has 0 aliphatic heterocycles. The summed E-state index contributed by atoms with van der Waals surface area (Å²) in [6.45, 7) is 2.79. The van der Waals surface area contributed by atoms with Crippen molar-refractivity contribution >= 4 is 0 Å². The summed E-state index contributed by atoms with van der Waals surface area (Å²) >= 11 is 0. The summed E-state index contributed by atoms with van der Waals surface area (Å²) in [6, 6.07) is 2.43. The highest BCUT2D eigenvalue weighted by atomic mass is 14.9. The van der Waals surface area contributed by atoms with E-state index >= 15 is 0 Å². The smallest absolute Gasteiger partial charge is 0.115 e. The molecule has 0 fully saturated rings. The average Bonchev–Trinajstić information content (AvgIpc) is 2.25. The Bertz CT molecular complexity index is 291. The van der Waals surface area contributed by atoms with Crippen molar-refractivity contribution in [1.29, 1.82) is 5.26 Å². The molecule has 1 aromatic heterocycles. The van der Waals surface area contributed by atoms with Gasteiger partial charge in [0.2, 0.25) is 0 Å². The van der Waals surface area contributed by atoms with Gasteiger partial charge in [0.15, 0.2) is 0 Å². The molecule has 1 unspecified atom stereocenters. The molecular formula is C10H14N4. The minimum atomic E-state index is 0.264. The minimum absolute atomic E-state index is 0.264. The van der Waals surface area contributed by atoms with Gasteiger partial charge in [0.1, 0.15) is 6.33 Å². The molecule has 1 aromatic rings. The predicted molar refractivity (Wildman–Crippen MR) is 53.2 cm³/mol. The van der Waals surface area contributed by atoms with E-state index in [0.29, 0.717) is 6.42 Å². The number of hydrogen-bond acceptors (Lipinski definition) is 4. The van der Waals surface area contributed by atoms with Crippen LogP contribution < -0.4 is 5.32 Å². The lowest BCUT2D eigenvalue weighted by Crippen LogP contribution is -2.27. The molecule has 0 saturated carbocycles. The van der Waals surface area contributed by atoms with Gasteiger partial charge in [-0.05, 0) is 6.42 Å². The largest absolute Gasteiger partial charge is 0.309 e. The quantitative estimate of drug-likeness (QED) is 0.759. The van der Waals surface area contributed by atoms with Crippen LogP contribution in [0, 0.1) is 11.3 Å². The molecule has 0 bridgehead atoms. The van der Waals surface area contributed by atoms with Crippen molar-refractivity contribution in [3.05, 3.63) is 24.3 Å². The molecule has 0 aliphatic carbocycles. The fourth-order valence-electron chi connectivity index (χ4n) is 1.15. The van der Waals surface area contributed by atoms with E-state index in [1.807, 2.05) is 0 Å². The van der Waals surface area contributed by atoms with E-state index in [4.69, 9.17) is 5.26 Å². The van der Waals surface area contributed by atoms with Crippen molar-refractivity contribution in [2.75, 3.05) is 0 Å². The summed E-state index contributed by atoms with van der Waals surface area (Å²) in [5.41, 5.74) is 1.05. The third-order valence-corrected chi connectivity index (χ3v) is 2.04. The van der Waals surface area contributed by atoms with Crippen molar-refractivity contribution in [1.82, 2.24) is 15.3 Å². The zero-order valence-corrected chi connectivity index (χ0v) is 8.27. The summed E-state index contributed by atoms with van der Waals surface area (Å²) in [5, 5.41) is 11.8. The van der Waals surface area contributed by atoms with Crippen molar-refractivity contribution in [2.24, 2.45) is 0 Å². The summed E-state index contributed by atoms with van der Waals surface area (Å²) in [7, 11) is 0. The van der Waals surface area contributed by atoms with E-state index in [2.05, 4.69) is 28.3 Å². The number of nitrogens with zero attached hydrogens (tertiary/aromatic N) is 3. The predicted octanol–water partition coefficient (Wildman–Crippen LogP) is 1.26. The van der Waals surface area contributed by atoms with Crippen LogP contribution in [0.5, 0.6) is 0 Å². The number of hydrogen-bond donors (Lipinski definition) is 1. The minimum Gasteiger partial charge on any atom is -0.309 e. The van der Waals surface area contributed by atoms with Gasteiger partial charge in [0.05, 0.1) is 12.5 Å². The maximum Gasteiger partial charge on any atom is 0.115 e. The van der Waals surface area contributed by atoms with Crippen molar-refractivity contribution in [2.45, 2.75) is 32.4 Å². The van der Waals surface area contributed by atoms with E-state index < -0.39 is 0 Å². The Morgan fingerprint density at radius 2 is 2.21 bits per heavy atom. The Kier molecular flexibility index (Phi) is 4.59. The van der Waals surface area contributed by atoms with Gasteiger partial charge in [-0.1, -0.05) is 6.92 Å². The molecule has 4 heteroatoms. The lowest BCUT2D eigenvalue weighted by atomic mass is 10.1. The number of aromatic nitrogens is 2. The molecule has 74 valence electrons. The molecule has 1 heterocycles. The van der Waals surface area contributed by atoms with Gasteiger partial charge in [-0.25, -0.2) is 9.97 Å². The van der Waals surface area contributed by atoms with Gasteiger partial charge in [0, 0.05) is 30.5 Å². The summed E-state index contributed by atoms with van der Waals surface area (Å²) in [4.78, 5) is 7.84. The lowest BCUT2D eigenvalue weighted by Gasteiger charge is -2.12. The lowest BCUT2D eigenvalue weighted by molar-refractivity contribution is 0.504. The number of nitriles is 1. The maximum atomic E-state index is 8.55. The van der Waals surface area contributed by atoms with Crippen molar-refractivity contribution in [3.8, 4) is 6.07 Å². The van der Waals surface area contributed by atoms with Crippen LogP contribution in [0.3, 0.4) is 0 Å². The Labute approximate surface area is 84.0 Å². The first-order valence-corrected chi connectivity index (χ1v) is 4.71. The molecule has 1 atom stereocenters. The molecule has 1 N–H and O–H groups in total. The van der Waals surface area contributed by atoms with Gasteiger partial charge in [-0.15, -0.1) is 0 Å². The fourth-order valence-corrected chi connectivity index (χ4v) is 1.15. The molecule has 0 amide bonds. The molecule has 14 heavy (non-hydrogen) atoms. The zero-order chi connectivity index (χ0) is 10.2. The van der Waals surface area contributed by atoms with Gasteiger partial charge in [-0.2, -0.15) is 5.26 Å². The summed E-state index contributed by atoms with van der Waals surface area (Å²) < 4.78 is 0. The Hall–Kier alpha value is -1.47. The van der Waals surface area contributed by atoms with E-state index in [-0.39, 0.29) is 6.04 Å². The normalized spacial score (nSPS) is 12.0. The first kappa shape index (κ1) is 10.6. The molecule has 0 spiro atoms. The van der Waals surface area contributed by atoms with Crippen molar-refractivity contribution in [3.63, 3.8) is 0 Å². The topological polar surface area (TPSA) is 61.6 Å². The van der Waals surface area contributed by atoms with Crippen molar-refractivity contribution < 1.29 is 0 Å². The Morgan fingerprint density at radius 1 is 1.50 bits per heavy atom. The first-order valence-electron chi connectivity index (χ1n) is 4.71. The second-order valence-corrected chi connectivity index (χ2v) is 3.10. The average molecular weight is 190 g/mol. The van der Waals surface area contributed by atoms with Crippen LogP contribution in [0.2, 0.25) is 0 Å². The number of rotatable bonds is 5. The van der Waals surface area contributed by atoms with Crippen LogP contribution in [0.25, 0.3) is 0 Å². The second kappa shape index (κ2) is 6.06. The van der Waals surface area contributed by atoms with Gasteiger partial charge < -0.3 is 5.32 Å². The molecular weight excluding hydrogens is 176 g/mol. The van der Waals surface area contributed by atoms with Gasteiger partial charge in [0.25, 0.3) is 0 Å². The standard InChI is InChI=1S/C10H14N4/c1-2-10(3-4-11)14-7-9-5-12-8-13-6-9/h5-6,8,10,14H,2-3,7H2,1H3. The van der Waals surface area contributed by atoms with E-state index in [0.717, 1.165) is 18.5 Å². The van der Waals surface area contributed by atoms with Gasteiger partial charge in [-0.3, -0.25) is 0 Å². The Morgan fingerprint density at radius 3 is 2.79 bits per heavy atom. The summed E-state index contributed by atoms with van der Waals surface area (Å²) in [5.74, 6) is 0. The third-order valence-electron chi connectivity index (χ3n) is 2.04. The second-order valence-electron chi connectivity index (χ2n) is 3.10. The summed E-state index contributed by atoms with van der Waals surface area (Å²) in [6.07, 6.45) is 6.57. The van der Waals surface area contributed by atoms with E-state index in [9.17, 15) is 0 Å². The van der Waals surface area contributed by atoms with Gasteiger partial charge >= 0.3 is 0 Å². The van der Waals surface area contributed by atoms with E-state index in [1.54, 1.807) is 12.4 Å². The molecule has 0 aromatic carbocycles. The molecule has 1 rings (SSSR count). The number of nitrogens with one attached hydrogen (secondary N) is 1. The maximum absolute atomic E-state index is 8.55. The highest BCUT2D eigenvalue weighted by Gasteiger charge is 2.04. The molecule has 0 aliphatic rings. The fraction of sp³-hybridized carbons (Fsp3) is 0.500. The first-order chi connectivity index (χ1) is 6.86. The molecule has 4 nitrogen and oxygen atoms in total. The van der Waals surface area contributed by atoms with Crippen LogP contribution >= 0.6 is 0 Å². The SMILES string of the molecule is CCC(CC#N)NCc1cncnc1. The van der Waals surface area contributed by atoms with Crippen LogP contribution in [0.1, 0.15) is 25.3 Å². The monoisotopic (exact) mass is 190 g/mol. The van der Waals surface area contributed by atoms with Crippen LogP contribution in [0.15, 0.2) is 18.7 Å². The van der Waals surface area contributed by atoms with E-state index in [1.165, 1.54) is 6.33 Å². The van der Waals surface area contributed by atoms with Crippen LogP contribution in [-0.2, 0) is 6.54 Å². The molecule has 0 saturated heterocycles. The van der Waals surface area contributed by atoms with Crippen LogP contribution in [0.4, 0.5) is 0 Å². The Balaban J connectivity index is 2.36. The highest BCUT2D eigenvalue weighted by Crippen LogP contribution is 1.99. The third kappa shape index (κ3) is 3.50. The molecule has 0 radical (unpaired) electrons. The van der Waals surface area contributed by atoms with Crippen LogP contribution in [-0.4, -0.2) is 16.0 Å². The highest BCUT2D eigenvalue weighted by molar-refractivity contribution is 5.02. The zero-order valence-electron chi connectivity index (χ0n) is 8.27.